The molecule has 0 aliphatic heterocycles. The van der Waals surface area contributed by atoms with Gasteiger partial charge in [0, 0.05) is 6.04 Å². The number of rotatable bonds is 5. The van der Waals surface area contributed by atoms with Crippen molar-refractivity contribution in [3.8, 4) is 0 Å². The Morgan fingerprint density at radius 1 is 1.39 bits per heavy atom. The van der Waals surface area contributed by atoms with Crippen LogP contribution in [0.3, 0.4) is 0 Å². The summed E-state index contributed by atoms with van der Waals surface area (Å²) in [5.41, 5.74) is 1.07. The Labute approximate surface area is 114 Å². The van der Waals surface area contributed by atoms with E-state index in [1.165, 1.54) is 25.7 Å². The monoisotopic (exact) mass is 269 g/mol. The van der Waals surface area contributed by atoms with E-state index in [1.807, 2.05) is 6.07 Å². The van der Waals surface area contributed by atoms with Crippen LogP contribution in [-0.4, -0.2) is 12.6 Å². The highest BCUT2D eigenvalue weighted by Crippen LogP contribution is 2.29. The van der Waals surface area contributed by atoms with E-state index in [-0.39, 0.29) is 10.8 Å². The fraction of sp³-hybridized carbons (Fsp3) is 0.600. The van der Waals surface area contributed by atoms with E-state index < -0.39 is 0 Å². The second kappa shape index (κ2) is 6.53. The zero-order valence-electron chi connectivity index (χ0n) is 10.9. The second-order valence-corrected chi connectivity index (χ2v) is 5.69. The van der Waals surface area contributed by atoms with Crippen molar-refractivity contribution >= 4 is 11.6 Å². The van der Waals surface area contributed by atoms with Crippen LogP contribution < -0.4 is 5.32 Å². The molecule has 18 heavy (non-hydrogen) atoms. The molecule has 0 spiro atoms. The van der Waals surface area contributed by atoms with Gasteiger partial charge in [0.2, 0.25) is 0 Å². The van der Waals surface area contributed by atoms with Gasteiger partial charge >= 0.3 is 0 Å². The first-order chi connectivity index (χ1) is 8.69. The van der Waals surface area contributed by atoms with E-state index in [0.29, 0.717) is 12.0 Å². The highest BCUT2D eigenvalue weighted by molar-refractivity contribution is 6.30. The molecule has 0 radical (unpaired) electrons. The minimum Gasteiger partial charge on any atom is -0.314 e. The fourth-order valence-corrected chi connectivity index (χ4v) is 2.91. The molecule has 1 aromatic carbocycles. The molecule has 1 aliphatic rings. The van der Waals surface area contributed by atoms with Crippen LogP contribution in [0, 0.1) is 11.7 Å². The standard InChI is InChI=1S/C15H21ClFN/c1-2-7-18-13-5-3-11(9-13)8-12-4-6-14(16)15(17)10-12/h4,6,10-11,13,18H,2-3,5,7-9H2,1H3. The van der Waals surface area contributed by atoms with Crippen LogP contribution in [0.15, 0.2) is 18.2 Å². The first-order valence-corrected chi connectivity index (χ1v) is 7.24. The molecule has 0 saturated heterocycles. The van der Waals surface area contributed by atoms with Crippen molar-refractivity contribution in [2.45, 2.75) is 45.1 Å². The molecule has 1 aromatic rings. The molecular weight excluding hydrogens is 249 g/mol. The average Bonchev–Trinajstić information content (AvgIpc) is 2.79. The van der Waals surface area contributed by atoms with Crippen LogP contribution in [-0.2, 0) is 6.42 Å². The van der Waals surface area contributed by atoms with Crippen molar-refractivity contribution in [2.75, 3.05) is 6.54 Å². The minimum atomic E-state index is -0.298. The maximum atomic E-state index is 13.4. The van der Waals surface area contributed by atoms with Gasteiger partial charge in [-0.15, -0.1) is 0 Å². The number of halogens is 2. The number of nitrogens with one attached hydrogen (secondary N) is 1. The molecular formula is C15H21ClFN. The van der Waals surface area contributed by atoms with Crippen LogP contribution in [0.4, 0.5) is 4.39 Å². The van der Waals surface area contributed by atoms with E-state index in [9.17, 15) is 4.39 Å². The molecule has 0 heterocycles. The molecule has 1 N–H and O–H groups in total. The SMILES string of the molecule is CCCNC1CCC(Cc2ccc(Cl)c(F)c2)C1. The number of hydrogen-bond acceptors (Lipinski definition) is 1. The molecule has 2 unspecified atom stereocenters. The lowest BCUT2D eigenvalue weighted by Gasteiger charge is -2.13. The van der Waals surface area contributed by atoms with Crippen molar-refractivity contribution in [3.63, 3.8) is 0 Å². The Balaban J connectivity index is 1.85. The summed E-state index contributed by atoms with van der Waals surface area (Å²) in [6.07, 6.45) is 5.86. The Morgan fingerprint density at radius 2 is 2.22 bits per heavy atom. The van der Waals surface area contributed by atoms with E-state index in [0.717, 1.165) is 18.5 Å². The Kier molecular flexibility index (Phi) is 5.02. The maximum Gasteiger partial charge on any atom is 0.142 e. The van der Waals surface area contributed by atoms with Crippen molar-refractivity contribution in [1.29, 1.82) is 0 Å². The highest BCUT2D eigenvalue weighted by atomic mass is 35.5. The van der Waals surface area contributed by atoms with E-state index in [4.69, 9.17) is 11.6 Å². The smallest absolute Gasteiger partial charge is 0.142 e. The molecule has 1 saturated carbocycles. The molecule has 2 rings (SSSR count). The largest absolute Gasteiger partial charge is 0.314 e. The Morgan fingerprint density at radius 3 is 2.94 bits per heavy atom. The summed E-state index contributed by atoms with van der Waals surface area (Å²) < 4.78 is 13.4. The second-order valence-electron chi connectivity index (χ2n) is 5.28. The maximum absolute atomic E-state index is 13.4. The molecule has 1 nitrogen and oxygen atoms in total. The van der Waals surface area contributed by atoms with Crippen molar-refractivity contribution in [3.05, 3.63) is 34.6 Å². The van der Waals surface area contributed by atoms with Gasteiger partial charge in [0.25, 0.3) is 0 Å². The van der Waals surface area contributed by atoms with Gasteiger partial charge in [0.15, 0.2) is 0 Å². The minimum absolute atomic E-state index is 0.215. The molecule has 3 heteroatoms. The quantitative estimate of drug-likeness (QED) is 0.845. The summed E-state index contributed by atoms with van der Waals surface area (Å²) >= 11 is 5.69. The van der Waals surface area contributed by atoms with Gasteiger partial charge in [-0.05, 0) is 62.3 Å². The third kappa shape index (κ3) is 3.69. The van der Waals surface area contributed by atoms with Crippen molar-refractivity contribution in [1.82, 2.24) is 5.32 Å². The van der Waals surface area contributed by atoms with E-state index in [1.54, 1.807) is 12.1 Å². The predicted molar refractivity (Wildman–Crippen MR) is 74.5 cm³/mol. The van der Waals surface area contributed by atoms with Gasteiger partial charge in [0.05, 0.1) is 5.02 Å². The van der Waals surface area contributed by atoms with Crippen LogP contribution >= 0.6 is 11.6 Å². The molecule has 1 aliphatic carbocycles. The van der Waals surface area contributed by atoms with Crippen molar-refractivity contribution < 1.29 is 4.39 Å². The summed E-state index contributed by atoms with van der Waals surface area (Å²) in [7, 11) is 0. The van der Waals surface area contributed by atoms with Gasteiger partial charge < -0.3 is 5.32 Å². The normalized spacial score (nSPS) is 23.5. The lowest BCUT2D eigenvalue weighted by molar-refractivity contribution is 0.483. The van der Waals surface area contributed by atoms with Crippen LogP contribution in [0.25, 0.3) is 0 Å². The number of hydrogen-bond donors (Lipinski definition) is 1. The predicted octanol–water partition coefficient (Wildman–Crippen LogP) is 4.19. The van der Waals surface area contributed by atoms with Crippen molar-refractivity contribution in [2.24, 2.45) is 5.92 Å². The molecule has 0 aromatic heterocycles. The van der Waals surface area contributed by atoms with Gasteiger partial charge in [-0.2, -0.15) is 0 Å². The zero-order chi connectivity index (χ0) is 13.0. The Hall–Kier alpha value is -0.600. The summed E-state index contributed by atoms with van der Waals surface area (Å²) in [6, 6.07) is 5.84. The molecule has 100 valence electrons. The molecule has 1 fully saturated rings. The number of benzene rings is 1. The first kappa shape index (κ1) is 13.8. The average molecular weight is 270 g/mol. The van der Waals surface area contributed by atoms with Gasteiger partial charge in [-0.3, -0.25) is 0 Å². The van der Waals surface area contributed by atoms with Gasteiger partial charge in [-0.25, -0.2) is 4.39 Å². The fourth-order valence-electron chi connectivity index (χ4n) is 2.79. The Bertz CT molecular complexity index is 394. The summed E-state index contributed by atoms with van der Waals surface area (Å²) in [5, 5.41) is 3.79. The summed E-state index contributed by atoms with van der Waals surface area (Å²) in [5.74, 6) is 0.382. The van der Waals surface area contributed by atoms with Gasteiger partial charge in [0.1, 0.15) is 5.82 Å². The topological polar surface area (TPSA) is 12.0 Å². The van der Waals surface area contributed by atoms with Crippen LogP contribution in [0.5, 0.6) is 0 Å². The first-order valence-electron chi connectivity index (χ1n) is 6.86. The lowest BCUT2D eigenvalue weighted by Crippen LogP contribution is -2.27. The van der Waals surface area contributed by atoms with Crippen LogP contribution in [0.1, 0.15) is 38.2 Å². The third-order valence-electron chi connectivity index (χ3n) is 3.73. The molecule has 0 bridgehead atoms. The molecule has 2 atom stereocenters. The molecule has 0 amide bonds. The third-order valence-corrected chi connectivity index (χ3v) is 4.04. The zero-order valence-corrected chi connectivity index (χ0v) is 11.6. The van der Waals surface area contributed by atoms with Crippen LogP contribution in [0.2, 0.25) is 5.02 Å². The summed E-state index contributed by atoms with van der Waals surface area (Å²) in [4.78, 5) is 0. The van der Waals surface area contributed by atoms with E-state index in [2.05, 4.69) is 12.2 Å². The highest BCUT2D eigenvalue weighted by Gasteiger charge is 2.24. The van der Waals surface area contributed by atoms with Gasteiger partial charge in [-0.1, -0.05) is 24.6 Å². The lowest BCUT2D eigenvalue weighted by atomic mass is 9.98. The van der Waals surface area contributed by atoms with E-state index >= 15 is 0 Å². The summed E-state index contributed by atoms with van der Waals surface area (Å²) in [6.45, 7) is 3.29.